The largest absolute Gasteiger partial charge is 0.468 e. The highest BCUT2D eigenvalue weighted by Gasteiger charge is 2.21. The minimum Gasteiger partial charge on any atom is -0.468 e. The van der Waals surface area contributed by atoms with Crippen LogP contribution < -0.4 is 0 Å². The Morgan fingerprint density at radius 3 is 2.46 bits per heavy atom. The maximum atomic E-state index is 11.6. The van der Waals surface area contributed by atoms with Gasteiger partial charge in [-0.3, -0.25) is 4.79 Å². The number of benzene rings is 1. The molecule has 0 N–H and O–H groups in total. The van der Waals surface area contributed by atoms with Gasteiger partial charge in [0.15, 0.2) is 0 Å². The van der Waals surface area contributed by atoms with Crippen LogP contribution in [0, 0.1) is 32.1 Å². The lowest BCUT2D eigenvalue weighted by Crippen LogP contribution is -2.15. The highest BCUT2D eigenvalue weighted by atomic mass is 32.2. The number of ether oxygens (including phenoxy) is 1. The Balaban J connectivity index is 2.39. The Hall–Kier alpha value is -2.72. The number of pyridine rings is 1. The lowest BCUT2D eigenvalue weighted by molar-refractivity contribution is -0.139. The van der Waals surface area contributed by atoms with E-state index < -0.39 is 5.25 Å². The Morgan fingerprint density at radius 1 is 1.23 bits per heavy atom. The summed E-state index contributed by atoms with van der Waals surface area (Å²) >= 11 is 1.20. The minimum absolute atomic E-state index is 0.362. The van der Waals surface area contributed by atoms with E-state index in [9.17, 15) is 10.1 Å². The highest BCUT2D eigenvalue weighted by Crippen LogP contribution is 2.34. The number of hydrogen-bond acceptors (Lipinski definition) is 7. The van der Waals surface area contributed by atoms with Crippen LogP contribution >= 0.6 is 11.8 Å². The van der Waals surface area contributed by atoms with Crippen LogP contribution in [-0.2, 0) is 9.53 Å². The Bertz CT molecular complexity index is 886. The van der Waals surface area contributed by atoms with E-state index in [1.165, 1.54) is 18.9 Å². The molecule has 7 heteroatoms. The molecule has 2 rings (SSSR count). The zero-order valence-electron chi connectivity index (χ0n) is 15.4. The number of azo groups is 1. The van der Waals surface area contributed by atoms with Gasteiger partial charge >= 0.3 is 5.97 Å². The number of rotatable bonds is 5. The predicted molar refractivity (Wildman–Crippen MR) is 101 cm³/mol. The summed E-state index contributed by atoms with van der Waals surface area (Å²) in [6.45, 7) is 7.34. The first-order valence-corrected chi connectivity index (χ1v) is 8.89. The topological polar surface area (TPSA) is 87.7 Å². The summed E-state index contributed by atoms with van der Waals surface area (Å²) in [5, 5.41) is 18.1. The highest BCUT2D eigenvalue weighted by molar-refractivity contribution is 8.00. The second-order valence-electron chi connectivity index (χ2n) is 5.78. The number of esters is 1. The molecule has 134 valence electrons. The zero-order chi connectivity index (χ0) is 19.3. The van der Waals surface area contributed by atoms with Crippen LogP contribution in [0.4, 0.5) is 11.4 Å². The second-order valence-corrected chi connectivity index (χ2v) is 7.11. The minimum atomic E-state index is -0.460. The molecule has 0 fully saturated rings. The van der Waals surface area contributed by atoms with Gasteiger partial charge in [-0.25, -0.2) is 4.98 Å². The summed E-state index contributed by atoms with van der Waals surface area (Å²) in [7, 11) is 1.34. The summed E-state index contributed by atoms with van der Waals surface area (Å²) in [4.78, 5) is 16.1. The van der Waals surface area contributed by atoms with Crippen LogP contribution in [-0.4, -0.2) is 23.3 Å². The first-order chi connectivity index (χ1) is 12.4. The fourth-order valence-electron chi connectivity index (χ4n) is 2.28. The molecule has 0 aliphatic carbocycles. The Morgan fingerprint density at radius 2 is 1.88 bits per heavy atom. The molecule has 0 radical (unpaired) electrons. The number of aryl methyl sites for hydroxylation is 2. The van der Waals surface area contributed by atoms with Crippen molar-refractivity contribution in [1.82, 2.24) is 4.98 Å². The van der Waals surface area contributed by atoms with Crippen molar-refractivity contribution in [2.24, 2.45) is 10.2 Å². The number of hydrogen-bond donors (Lipinski definition) is 0. The molecule has 0 aliphatic rings. The summed E-state index contributed by atoms with van der Waals surface area (Å²) in [5.41, 5.74) is 4.18. The van der Waals surface area contributed by atoms with Crippen LogP contribution in [0.25, 0.3) is 0 Å². The van der Waals surface area contributed by atoms with Gasteiger partial charge < -0.3 is 4.74 Å². The molecule has 1 atom stereocenters. The monoisotopic (exact) mass is 368 g/mol. The molecule has 2 aromatic rings. The van der Waals surface area contributed by atoms with E-state index in [0.717, 1.165) is 11.3 Å². The van der Waals surface area contributed by atoms with Gasteiger partial charge in [-0.2, -0.15) is 10.4 Å². The Kier molecular flexibility index (Phi) is 6.47. The van der Waals surface area contributed by atoms with E-state index in [2.05, 4.69) is 21.3 Å². The van der Waals surface area contributed by atoms with Crippen LogP contribution in [0.3, 0.4) is 0 Å². The van der Waals surface area contributed by atoms with Crippen LogP contribution in [0.2, 0.25) is 0 Å². The number of nitriles is 1. The first-order valence-electron chi connectivity index (χ1n) is 8.01. The van der Waals surface area contributed by atoms with Gasteiger partial charge in [0.2, 0.25) is 0 Å². The summed E-state index contributed by atoms with van der Waals surface area (Å²) in [6, 6.07) is 9.84. The van der Waals surface area contributed by atoms with Gasteiger partial charge in [-0.05, 0) is 45.4 Å². The molecular weight excluding hydrogens is 348 g/mol. The number of nitrogens with zero attached hydrogens (tertiary/aromatic N) is 4. The molecular formula is C19H20N4O2S. The van der Waals surface area contributed by atoms with Crippen molar-refractivity contribution in [2.45, 2.75) is 38.0 Å². The first kappa shape index (κ1) is 19.6. The van der Waals surface area contributed by atoms with Gasteiger partial charge in [0, 0.05) is 0 Å². The lowest BCUT2D eigenvalue weighted by atomic mass is 10.1. The molecule has 0 saturated heterocycles. The number of carbonyl (C=O) groups excluding carboxylic acids is 1. The molecule has 1 unspecified atom stereocenters. The summed E-state index contributed by atoms with van der Waals surface area (Å²) in [5.74, 6) is -0.362. The smallest absolute Gasteiger partial charge is 0.318 e. The summed E-state index contributed by atoms with van der Waals surface area (Å²) in [6.07, 6.45) is 0. The number of thioether (sulfide) groups is 1. The van der Waals surface area contributed by atoms with Crippen LogP contribution in [0.5, 0.6) is 0 Å². The van der Waals surface area contributed by atoms with Crippen LogP contribution in [0.15, 0.2) is 39.5 Å². The molecule has 1 heterocycles. The van der Waals surface area contributed by atoms with Crippen LogP contribution in [0.1, 0.15) is 29.3 Å². The SMILES string of the molecule is COC(=O)C(C)Sc1nc(C)c(N=Nc2ccc(C)cc2)c(C)c1C#N. The van der Waals surface area contributed by atoms with Crippen molar-refractivity contribution in [3.63, 3.8) is 0 Å². The van der Waals surface area contributed by atoms with Crippen molar-refractivity contribution >= 4 is 29.1 Å². The van der Waals surface area contributed by atoms with Gasteiger partial charge in [-0.15, -0.1) is 5.11 Å². The van der Waals surface area contributed by atoms with E-state index in [-0.39, 0.29) is 5.97 Å². The van der Waals surface area contributed by atoms with E-state index in [0.29, 0.717) is 27.5 Å². The maximum Gasteiger partial charge on any atom is 0.318 e. The van der Waals surface area contributed by atoms with E-state index >= 15 is 0 Å². The van der Waals surface area contributed by atoms with Crippen molar-refractivity contribution < 1.29 is 9.53 Å². The molecule has 1 aromatic heterocycles. The van der Waals surface area contributed by atoms with Crippen molar-refractivity contribution in [2.75, 3.05) is 7.11 Å². The van der Waals surface area contributed by atoms with Gasteiger partial charge in [0.1, 0.15) is 22.0 Å². The van der Waals surface area contributed by atoms with Crippen molar-refractivity contribution in [1.29, 1.82) is 5.26 Å². The fourth-order valence-corrected chi connectivity index (χ4v) is 3.31. The van der Waals surface area contributed by atoms with E-state index in [1.807, 2.05) is 45.0 Å². The number of aromatic nitrogens is 1. The standard InChI is InChI=1S/C19H20N4O2S/c1-11-6-8-15(9-7-11)22-23-17-12(2)16(10-20)18(21-13(17)3)26-14(4)19(24)25-5/h6-9,14H,1-5H3. The third-order valence-electron chi connectivity index (χ3n) is 3.79. The second kappa shape index (κ2) is 8.59. The zero-order valence-corrected chi connectivity index (χ0v) is 16.2. The van der Waals surface area contributed by atoms with Gasteiger partial charge in [0.05, 0.1) is 24.1 Å². The molecule has 1 aromatic carbocycles. The van der Waals surface area contributed by atoms with Crippen molar-refractivity contribution in [3.8, 4) is 6.07 Å². The number of carbonyl (C=O) groups is 1. The van der Waals surface area contributed by atoms with Crippen molar-refractivity contribution in [3.05, 3.63) is 46.6 Å². The fraction of sp³-hybridized carbons (Fsp3) is 0.316. The molecule has 6 nitrogen and oxygen atoms in total. The van der Waals surface area contributed by atoms with Gasteiger partial charge in [0.25, 0.3) is 0 Å². The quantitative estimate of drug-likeness (QED) is 0.423. The molecule has 0 aliphatic heterocycles. The average molecular weight is 368 g/mol. The average Bonchev–Trinajstić information content (AvgIpc) is 2.62. The molecule has 0 spiro atoms. The molecule has 0 amide bonds. The normalized spacial score (nSPS) is 12.0. The number of methoxy groups -OCH3 is 1. The molecule has 0 bridgehead atoms. The third kappa shape index (κ3) is 4.46. The predicted octanol–water partition coefficient (Wildman–Crippen LogP) is 4.95. The molecule has 0 saturated carbocycles. The third-order valence-corrected chi connectivity index (χ3v) is 4.85. The summed E-state index contributed by atoms with van der Waals surface area (Å²) < 4.78 is 4.73. The van der Waals surface area contributed by atoms with E-state index in [1.54, 1.807) is 6.92 Å². The van der Waals surface area contributed by atoms with E-state index in [4.69, 9.17) is 4.74 Å². The molecule has 26 heavy (non-hydrogen) atoms. The lowest BCUT2D eigenvalue weighted by Gasteiger charge is -2.13. The van der Waals surface area contributed by atoms with Gasteiger partial charge in [-0.1, -0.05) is 29.5 Å². The maximum absolute atomic E-state index is 11.6. The Labute approximate surface area is 157 Å².